The number of aromatic nitrogens is 4. The zero-order valence-electron chi connectivity index (χ0n) is 16.6. The lowest BCUT2D eigenvalue weighted by molar-refractivity contribution is 0.201. The van der Waals surface area contributed by atoms with Gasteiger partial charge in [0.25, 0.3) is 0 Å². The smallest absolute Gasteiger partial charge is 0.318 e. The number of carbonyl (C=O) groups excluding carboxylic acids is 1. The minimum absolute atomic E-state index is 0.150. The average molecular weight is 382 g/mol. The van der Waals surface area contributed by atoms with Gasteiger partial charge >= 0.3 is 6.03 Å². The minimum Gasteiger partial charge on any atom is -0.497 e. The molecule has 0 aliphatic rings. The van der Waals surface area contributed by atoms with Crippen molar-refractivity contribution in [3.05, 3.63) is 59.9 Å². The van der Waals surface area contributed by atoms with E-state index in [-0.39, 0.29) is 12.1 Å². The van der Waals surface area contributed by atoms with Crippen LogP contribution in [0.5, 0.6) is 5.75 Å². The highest BCUT2D eigenvalue weighted by atomic mass is 16.5. The maximum absolute atomic E-state index is 12.6. The molecule has 2 heterocycles. The summed E-state index contributed by atoms with van der Waals surface area (Å²) in [4.78, 5) is 21.7. The number of aryl methyl sites for hydroxylation is 1. The number of imidazole rings is 1. The molecule has 0 saturated carbocycles. The Kier molecular flexibility index (Phi) is 5.98. The monoisotopic (exact) mass is 382 g/mol. The van der Waals surface area contributed by atoms with Gasteiger partial charge in [-0.15, -0.1) is 0 Å². The van der Waals surface area contributed by atoms with Crippen LogP contribution in [0, 0.1) is 6.92 Å². The fraction of sp³-hybridized carbons (Fsp3) is 0.350. The Morgan fingerprint density at radius 2 is 2.21 bits per heavy atom. The molecule has 0 spiro atoms. The molecular formula is C20H26N6O2. The quantitative estimate of drug-likeness (QED) is 0.657. The summed E-state index contributed by atoms with van der Waals surface area (Å²) in [5.41, 5.74) is 2.81. The molecule has 0 saturated heterocycles. The van der Waals surface area contributed by atoms with Gasteiger partial charge < -0.3 is 19.9 Å². The molecule has 2 aromatic heterocycles. The average Bonchev–Trinajstić information content (AvgIpc) is 3.35. The highest BCUT2D eigenvalue weighted by molar-refractivity contribution is 5.74. The number of ether oxygens (including phenoxy) is 1. The lowest BCUT2D eigenvalue weighted by atomic mass is 10.2. The number of nitrogens with zero attached hydrogens (tertiary/aromatic N) is 4. The third-order valence-corrected chi connectivity index (χ3v) is 4.48. The maximum atomic E-state index is 12.6. The Bertz CT molecular complexity index is 932. The number of amides is 2. The number of H-pyrrole nitrogens is 1. The van der Waals surface area contributed by atoms with E-state index in [0.29, 0.717) is 6.54 Å². The molecule has 0 bridgehead atoms. The lowest BCUT2D eigenvalue weighted by Crippen LogP contribution is -2.39. The van der Waals surface area contributed by atoms with E-state index < -0.39 is 0 Å². The second-order valence-corrected chi connectivity index (χ2v) is 6.71. The zero-order valence-corrected chi connectivity index (χ0v) is 16.6. The molecule has 0 aliphatic heterocycles. The van der Waals surface area contributed by atoms with E-state index >= 15 is 0 Å². The molecule has 28 heavy (non-hydrogen) atoms. The van der Waals surface area contributed by atoms with Crippen molar-refractivity contribution >= 4 is 6.03 Å². The van der Waals surface area contributed by atoms with Crippen molar-refractivity contribution < 1.29 is 9.53 Å². The van der Waals surface area contributed by atoms with Gasteiger partial charge in [0.05, 0.1) is 31.6 Å². The van der Waals surface area contributed by atoms with Crippen LogP contribution >= 0.6 is 0 Å². The maximum Gasteiger partial charge on any atom is 0.318 e. The van der Waals surface area contributed by atoms with Crippen LogP contribution in [-0.2, 0) is 6.54 Å². The zero-order chi connectivity index (χ0) is 20.1. The highest BCUT2D eigenvalue weighted by Gasteiger charge is 2.18. The molecule has 148 valence electrons. The molecule has 0 aliphatic carbocycles. The SMILES string of the molecule is CC[C@H](NC(=O)N(C)Cc1cnn(-c2cccc(OC)c2)c1)c1ncc(C)[nH]1. The third kappa shape index (κ3) is 4.51. The van der Waals surface area contributed by atoms with Gasteiger partial charge in [-0.1, -0.05) is 13.0 Å². The number of hydrogen-bond donors (Lipinski definition) is 2. The Balaban J connectivity index is 1.63. The van der Waals surface area contributed by atoms with E-state index in [1.54, 1.807) is 36.1 Å². The fourth-order valence-corrected chi connectivity index (χ4v) is 2.91. The summed E-state index contributed by atoms with van der Waals surface area (Å²) in [6.07, 6.45) is 6.18. The van der Waals surface area contributed by atoms with Gasteiger partial charge in [0.1, 0.15) is 11.6 Å². The summed E-state index contributed by atoms with van der Waals surface area (Å²) >= 11 is 0. The van der Waals surface area contributed by atoms with Crippen molar-refractivity contribution in [2.45, 2.75) is 32.9 Å². The molecule has 2 N–H and O–H groups in total. The van der Waals surface area contributed by atoms with Crippen LogP contribution in [0.3, 0.4) is 0 Å². The van der Waals surface area contributed by atoms with Crippen molar-refractivity contribution in [3.8, 4) is 11.4 Å². The van der Waals surface area contributed by atoms with E-state index in [0.717, 1.165) is 34.9 Å². The first-order valence-corrected chi connectivity index (χ1v) is 9.21. The minimum atomic E-state index is -0.157. The van der Waals surface area contributed by atoms with Gasteiger partial charge in [0.15, 0.2) is 0 Å². The van der Waals surface area contributed by atoms with Gasteiger partial charge in [-0.05, 0) is 25.5 Å². The number of rotatable bonds is 7. The summed E-state index contributed by atoms with van der Waals surface area (Å²) in [5.74, 6) is 1.54. The van der Waals surface area contributed by atoms with Crippen LogP contribution in [0.1, 0.15) is 36.5 Å². The van der Waals surface area contributed by atoms with Gasteiger partial charge in [-0.25, -0.2) is 14.5 Å². The van der Waals surface area contributed by atoms with Gasteiger partial charge in [0, 0.05) is 36.8 Å². The number of hydrogen-bond acceptors (Lipinski definition) is 4. The molecule has 3 rings (SSSR count). The van der Waals surface area contributed by atoms with E-state index in [1.165, 1.54) is 0 Å². The van der Waals surface area contributed by atoms with Gasteiger partial charge in [-0.2, -0.15) is 5.10 Å². The Morgan fingerprint density at radius 1 is 1.39 bits per heavy atom. The number of aromatic amines is 1. The Labute approximate surface area is 164 Å². The Morgan fingerprint density at radius 3 is 2.89 bits per heavy atom. The topological polar surface area (TPSA) is 88.1 Å². The van der Waals surface area contributed by atoms with Crippen molar-refractivity contribution in [1.29, 1.82) is 0 Å². The van der Waals surface area contributed by atoms with Crippen LogP contribution in [-0.4, -0.2) is 44.8 Å². The normalized spacial score (nSPS) is 11.9. The molecule has 8 nitrogen and oxygen atoms in total. The highest BCUT2D eigenvalue weighted by Crippen LogP contribution is 2.17. The first-order valence-electron chi connectivity index (χ1n) is 9.21. The standard InChI is InChI=1S/C20H26N6O2/c1-5-18(19-21-10-14(2)23-19)24-20(27)25(3)12-15-11-22-26(13-15)16-7-6-8-17(9-16)28-4/h6-11,13,18H,5,12H2,1-4H3,(H,21,23)(H,24,27)/t18-/m0/s1. The van der Waals surface area contributed by atoms with Crippen LogP contribution in [0.4, 0.5) is 4.79 Å². The van der Waals surface area contributed by atoms with Crippen molar-refractivity contribution in [2.75, 3.05) is 14.2 Å². The molecule has 8 heteroatoms. The van der Waals surface area contributed by atoms with Crippen LogP contribution in [0.2, 0.25) is 0 Å². The van der Waals surface area contributed by atoms with Crippen LogP contribution in [0.25, 0.3) is 5.69 Å². The largest absolute Gasteiger partial charge is 0.497 e. The number of carbonyl (C=O) groups is 1. The van der Waals surface area contributed by atoms with Crippen LogP contribution < -0.4 is 10.1 Å². The fourth-order valence-electron chi connectivity index (χ4n) is 2.91. The number of methoxy groups -OCH3 is 1. The van der Waals surface area contributed by atoms with E-state index in [4.69, 9.17) is 4.74 Å². The summed E-state index contributed by atoms with van der Waals surface area (Å²) in [7, 11) is 3.40. The number of urea groups is 1. The second-order valence-electron chi connectivity index (χ2n) is 6.71. The lowest BCUT2D eigenvalue weighted by Gasteiger charge is -2.21. The summed E-state index contributed by atoms with van der Waals surface area (Å²) < 4.78 is 7.02. The van der Waals surface area contributed by atoms with Crippen LogP contribution in [0.15, 0.2) is 42.9 Å². The summed E-state index contributed by atoms with van der Waals surface area (Å²) in [6, 6.07) is 7.35. The molecule has 0 radical (unpaired) electrons. The molecule has 1 aromatic carbocycles. The third-order valence-electron chi connectivity index (χ3n) is 4.48. The molecule has 0 unspecified atom stereocenters. The molecule has 1 atom stereocenters. The molecular weight excluding hydrogens is 356 g/mol. The number of benzene rings is 1. The first-order chi connectivity index (χ1) is 13.5. The van der Waals surface area contributed by atoms with Gasteiger partial charge in [-0.3, -0.25) is 0 Å². The van der Waals surface area contributed by atoms with Crippen molar-refractivity contribution in [3.63, 3.8) is 0 Å². The van der Waals surface area contributed by atoms with Crippen molar-refractivity contribution in [1.82, 2.24) is 30.0 Å². The van der Waals surface area contributed by atoms with Crippen molar-refractivity contribution in [2.24, 2.45) is 0 Å². The predicted octanol–water partition coefficient (Wildman–Crippen LogP) is 3.21. The number of nitrogens with one attached hydrogen (secondary N) is 2. The van der Waals surface area contributed by atoms with E-state index in [2.05, 4.69) is 20.4 Å². The predicted molar refractivity (Wildman–Crippen MR) is 106 cm³/mol. The first kappa shape index (κ1) is 19.5. The van der Waals surface area contributed by atoms with E-state index in [9.17, 15) is 4.79 Å². The molecule has 3 aromatic rings. The summed E-state index contributed by atoms with van der Waals surface area (Å²) in [6.45, 7) is 4.40. The molecule has 2 amide bonds. The molecule has 0 fully saturated rings. The van der Waals surface area contributed by atoms with E-state index in [1.807, 2.05) is 44.3 Å². The second kappa shape index (κ2) is 8.60. The summed E-state index contributed by atoms with van der Waals surface area (Å²) in [5, 5.41) is 7.41. The van der Waals surface area contributed by atoms with Gasteiger partial charge in [0.2, 0.25) is 0 Å². The Hall–Kier alpha value is -3.29.